The molecule has 0 aliphatic heterocycles. The molecule has 0 aliphatic carbocycles. The zero-order chi connectivity index (χ0) is 25.5. The molecule has 2 N–H and O–H groups in total. The average Bonchev–Trinajstić information content (AvgIpc) is 2.80. The van der Waals surface area contributed by atoms with Crippen LogP contribution in [0.15, 0.2) is 0 Å². The topological polar surface area (TPSA) is 140 Å². The molecular weight excluding hydrogens is 472 g/mol. The summed E-state index contributed by atoms with van der Waals surface area (Å²) in [5.74, 6) is 0. The fraction of sp³-hybridized carbons (Fsp3) is 0.917. The number of hydrogen-bond acceptors (Lipinski definition) is 6. The maximum absolute atomic E-state index is 12.4. The smallest absolute Gasteiger partial charge is 0.214 e. The molecule has 0 spiro atoms. The third-order valence-electron chi connectivity index (χ3n) is 5.91. The van der Waals surface area contributed by atoms with Gasteiger partial charge in [0.15, 0.2) is 4.58 Å². The fourth-order valence-electron chi connectivity index (χ4n) is 3.61. The first-order chi connectivity index (χ1) is 16.3. The van der Waals surface area contributed by atoms with Crippen LogP contribution in [-0.2, 0) is 20.0 Å². The van der Waals surface area contributed by atoms with Gasteiger partial charge in [-0.2, -0.15) is 10.5 Å². The van der Waals surface area contributed by atoms with Crippen molar-refractivity contribution in [1.82, 2.24) is 9.44 Å². The second-order valence-corrected chi connectivity index (χ2v) is 13.4. The van der Waals surface area contributed by atoms with Gasteiger partial charge in [-0.1, -0.05) is 77.0 Å². The zero-order valence-electron chi connectivity index (χ0n) is 21.1. The summed E-state index contributed by atoms with van der Waals surface area (Å²) in [4.78, 5) is 0. The van der Waals surface area contributed by atoms with Gasteiger partial charge in [0.2, 0.25) is 20.0 Å². The lowest BCUT2D eigenvalue weighted by atomic mass is 10.1. The summed E-state index contributed by atoms with van der Waals surface area (Å²) in [7, 11) is -7.88. The lowest BCUT2D eigenvalue weighted by molar-refractivity contribution is 0.545. The third-order valence-corrected chi connectivity index (χ3v) is 10.4. The van der Waals surface area contributed by atoms with Crippen molar-refractivity contribution >= 4 is 20.0 Å². The van der Waals surface area contributed by atoms with Crippen molar-refractivity contribution in [3.8, 4) is 12.1 Å². The second kappa shape index (κ2) is 21.1. The molecule has 0 unspecified atom stereocenters. The van der Waals surface area contributed by atoms with Gasteiger partial charge in [0.25, 0.3) is 0 Å². The predicted octanol–water partition coefficient (Wildman–Crippen LogP) is 5.24. The Balaban J connectivity index is 3.87. The van der Waals surface area contributed by atoms with Gasteiger partial charge < -0.3 is 0 Å². The Bertz CT molecular complexity index is 721. The van der Waals surface area contributed by atoms with Crippen LogP contribution in [0.4, 0.5) is 0 Å². The zero-order valence-corrected chi connectivity index (χ0v) is 22.7. The highest BCUT2D eigenvalue weighted by atomic mass is 32.3. The molecule has 10 heteroatoms. The van der Waals surface area contributed by atoms with Gasteiger partial charge >= 0.3 is 0 Å². The van der Waals surface area contributed by atoms with Crippen molar-refractivity contribution in [2.45, 2.75) is 127 Å². The molecule has 0 aromatic heterocycles. The van der Waals surface area contributed by atoms with E-state index in [-0.39, 0.29) is 13.1 Å². The maximum atomic E-state index is 12.4. The van der Waals surface area contributed by atoms with E-state index < -0.39 is 24.6 Å². The predicted molar refractivity (Wildman–Crippen MR) is 138 cm³/mol. The first-order valence-electron chi connectivity index (χ1n) is 13.0. The number of rotatable bonds is 24. The van der Waals surface area contributed by atoms with Crippen molar-refractivity contribution < 1.29 is 16.8 Å². The van der Waals surface area contributed by atoms with Crippen molar-refractivity contribution in [3.63, 3.8) is 0 Å². The van der Waals surface area contributed by atoms with Crippen LogP contribution in [0.3, 0.4) is 0 Å². The van der Waals surface area contributed by atoms with Crippen LogP contribution in [0, 0.1) is 22.7 Å². The van der Waals surface area contributed by atoms with Gasteiger partial charge in [-0.25, -0.2) is 26.3 Å². The van der Waals surface area contributed by atoms with E-state index in [0.717, 1.165) is 89.9 Å². The molecule has 34 heavy (non-hydrogen) atoms. The van der Waals surface area contributed by atoms with Crippen LogP contribution in [0.1, 0.15) is 122 Å². The first kappa shape index (κ1) is 32.8. The molecule has 0 heterocycles. The van der Waals surface area contributed by atoms with Crippen LogP contribution in [-0.4, -0.2) is 34.5 Å². The van der Waals surface area contributed by atoms with Crippen molar-refractivity contribution in [1.29, 1.82) is 10.5 Å². The second-order valence-electron chi connectivity index (χ2n) is 8.92. The van der Waals surface area contributed by atoms with Gasteiger partial charge in [0, 0.05) is 25.9 Å². The quantitative estimate of drug-likeness (QED) is 0.167. The highest BCUT2D eigenvalue weighted by Gasteiger charge is 2.32. The summed E-state index contributed by atoms with van der Waals surface area (Å²) in [5.41, 5.74) is 0. The highest BCUT2D eigenvalue weighted by molar-refractivity contribution is 8.07. The minimum atomic E-state index is -3.94. The summed E-state index contributed by atoms with van der Waals surface area (Å²) < 4.78 is 52.8. The fourth-order valence-corrected chi connectivity index (χ4v) is 6.68. The molecule has 0 atom stereocenters. The van der Waals surface area contributed by atoms with E-state index in [2.05, 4.69) is 21.6 Å². The van der Waals surface area contributed by atoms with E-state index in [1.165, 1.54) is 6.92 Å². The highest BCUT2D eigenvalue weighted by Crippen LogP contribution is 2.12. The van der Waals surface area contributed by atoms with Crippen molar-refractivity contribution in [2.24, 2.45) is 0 Å². The van der Waals surface area contributed by atoms with Gasteiger partial charge in [-0.15, -0.1) is 0 Å². The van der Waals surface area contributed by atoms with Gasteiger partial charge in [-0.3, -0.25) is 0 Å². The Hall–Kier alpha value is -1.20. The molecule has 0 saturated heterocycles. The average molecular weight is 519 g/mol. The lowest BCUT2D eigenvalue weighted by Crippen LogP contribution is -2.43. The number of nitriles is 2. The number of sulfonamides is 2. The molecule has 0 rings (SSSR count). The SMILES string of the molecule is CC(S(=O)(=O)NCCCCCCCCCCC#N)S(=O)(=O)NCCCCCCCCCCC#N. The molecule has 0 saturated carbocycles. The van der Waals surface area contributed by atoms with E-state index in [0.29, 0.717) is 25.7 Å². The van der Waals surface area contributed by atoms with E-state index in [1.807, 2.05) is 0 Å². The molecule has 0 fully saturated rings. The normalized spacial score (nSPS) is 12.0. The van der Waals surface area contributed by atoms with Gasteiger partial charge in [-0.05, 0) is 32.6 Å². The maximum Gasteiger partial charge on any atom is 0.230 e. The Morgan fingerprint density at radius 1 is 0.529 bits per heavy atom. The van der Waals surface area contributed by atoms with Crippen LogP contribution in [0.25, 0.3) is 0 Å². The molecule has 0 aromatic carbocycles. The Kier molecular flexibility index (Phi) is 20.4. The molecular formula is C24H46N4O4S2. The summed E-state index contributed by atoms with van der Waals surface area (Å²) >= 11 is 0. The van der Waals surface area contributed by atoms with Crippen molar-refractivity contribution in [3.05, 3.63) is 0 Å². The van der Waals surface area contributed by atoms with E-state index in [9.17, 15) is 16.8 Å². The molecule has 198 valence electrons. The Labute approximate surface area is 209 Å². The number of nitrogens with one attached hydrogen (secondary N) is 2. The number of unbranched alkanes of at least 4 members (excludes halogenated alkanes) is 16. The summed E-state index contributed by atoms with van der Waals surface area (Å²) in [6.45, 7) is 1.71. The molecule has 0 bridgehead atoms. The molecule has 8 nitrogen and oxygen atoms in total. The third kappa shape index (κ3) is 18.2. The van der Waals surface area contributed by atoms with Crippen LogP contribution >= 0.6 is 0 Å². The largest absolute Gasteiger partial charge is 0.230 e. The summed E-state index contributed by atoms with van der Waals surface area (Å²) in [6.07, 6.45) is 17.2. The summed E-state index contributed by atoms with van der Waals surface area (Å²) in [6, 6.07) is 4.29. The Morgan fingerprint density at radius 3 is 1.09 bits per heavy atom. The van der Waals surface area contributed by atoms with Gasteiger partial charge in [0.05, 0.1) is 12.1 Å². The van der Waals surface area contributed by atoms with E-state index in [4.69, 9.17) is 10.5 Å². The Morgan fingerprint density at radius 2 is 0.794 bits per heavy atom. The molecule has 0 radical (unpaired) electrons. The van der Waals surface area contributed by atoms with E-state index >= 15 is 0 Å². The standard InChI is InChI=1S/C24H46N4O4S2/c1-24(33(29,30)27-22-18-14-10-6-2-4-8-12-16-20-25)34(31,32)28-23-19-15-11-7-3-5-9-13-17-21-26/h24,27-28H,2-19,22-23H2,1H3. The number of hydrogen-bond donors (Lipinski definition) is 2. The van der Waals surface area contributed by atoms with E-state index in [1.54, 1.807) is 0 Å². The minimum Gasteiger partial charge on any atom is -0.214 e. The minimum absolute atomic E-state index is 0.251. The van der Waals surface area contributed by atoms with Crippen LogP contribution in [0.2, 0.25) is 0 Å². The molecule has 0 amide bonds. The summed E-state index contributed by atoms with van der Waals surface area (Å²) in [5, 5.41) is 17.0. The van der Waals surface area contributed by atoms with Gasteiger partial charge in [0.1, 0.15) is 0 Å². The number of nitrogens with zero attached hydrogens (tertiary/aromatic N) is 2. The van der Waals surface area contributed by atoms with Crippen molar-refractivity contribution in [2.75, 3.05) is 13.1 Å². The molecule has 0 aliphatic rings. The molecule has 0 aromatic rings. The lowest BCUT2D eigenvalue weighted by Gasteiger charge is -2.15. The van der Waals surface area contributed by atoms with Crippen LogP contribution in [0.5, 0.6) is 0 Å². The monoisotopic (exact) mass is 518 g/mol. The van der Waals surface area contributed by atoms with Crippen LogP contribution < -0.4 is 9.44 Å². The first-order valence-corrected chi connectivity index (χ1v) is 16.1.